The second kappa shape index (κ2) is 6.13. The predicted molar refractivity (Wildman–Crippen MR) is 96.1 cm³/mol. The molecule has 1 aliphatic rings. The number of hydrogen-bond donors (Lipinski definition) is 1. The number of fused-ring (bicyclic) bond motifs is 1. The van der Waals surface area contributed by atoms with Crippen LogP contribution in [-0.4, -0.2) is 26.2 Å². The van der Waals surface area contributed by atoms with E-state index < -0.39 is 32.6 Å². The molecule has 0 fully saturated rings. The average molecular weight is 420 g/mol. The first-order chi connectivity index (χ1) is 12.3. The Labute approximate surface area is 157 Å². The molecule has 0 bridgehead atoms. The van der Waals surface area contributed by atoms with Crippen molar-refractivity contribution in [2.75, 3.05) is 15.9 Å². The van der Waals surface area contributed by atoms with E-state index in [4.69, 9.17) is 4.74 Å². The summed E-state index contributed by atoms with van der Waals surface area (Å²) in [7, 11) is -3.53. The van der Waals surface area contributed by atoms with Crippen LogP contribution in [0.3, 0.4) is 0 Å². The van der Waals surface area contributed by atoms with Crippen molar-refractivity contribution in [3.05, 3.63) is 35.2 Å². The summed E-state index contributed by atoms with van der Waals surface area (Å²) in [6.45, 7) is 2.97. The molecule has 0 saturated carbocycles. The van der Waals surface area contributed by atoms with E-state index in [-0.39, 0.29) is 22.1 Å². The summed E-state index contributed by atoms with van der Waals surface area (Å²) in [5.74, 6) is -0.357. The van der Waals surface area contributed by atoms with Gasteiger partial charge in [0.1, 0.15) is 15.6 Å². The number of alkyl halides is 3. The maximum atomic E-state index is 12.9. The Kier molecular flexibility index (Phi) is 4.42. The van der Waals surface area contributed by atoms with Gasteiger partial charge in [0, 0.05) is 6.07 Å². The molecule has 1 aromatic heterocycles. The summed E-state index contributed by atoms with van der Waals surface area (Å²) >= 11 is 0.442. The van der Waals surface area contributed by atoms with Gasteiger partial charge in [-0.2, -0.15) is 13.2 Å². The SMILES string of the molecule is CC1(C)Oc2cc(NS(C)(=O)=O)ccc2N(c2ccc(C(F)(F)F)s2)C1=O. The van der Waals surface area contributed by atoms with Crippen LogP contribution >= 0.6 is 11.3 Å². The first kappa shape index (κ1) is 19.5. The van der Waals surface area contributed by atoms with E-state index in [1.54, 1.807) is 0 Å². The van der Waals surface area contributed by atoms with Crippen LogP contribution in [0.2, 0.25) is 0 Å². The van der Waals surface area contributed by atoms with E-state index in [0.29, 0.717) is 11.3 Å². The number of halogens is 3. The fraction of sp³-hybridized carbons (Fsp3) is 0.312. The summed E-state index contributed by atoms with van der Waals surface area (Å²) in [5, 5.41) is 0.0915. The molecule has 0 atom stereocenters. The number of sulfonamides is 1. The number of ether oxygens (including phenoxy) is 1. The predicted octanol–water partition coefficient (Wildman–Crippen LogP) is 3.97. The Morgan fingerprint density at radius 3 is 2.41 bits per heavy atom. The van der Waals surface area contributed by atoms with E-state index in [1.807, 2.05) is 0 Å². The molecule has 27 heavy (non-hydrogen) atoms. The van der Waals surface area contributed by atoms with E-state index in [0.717, 1.165) is 17.2 Å². The zero-order valence-electron chi connectivity index (χ0n) is 14.4. The highest BCUT2D eigenvalue weighted by atomic mass is 32.2. The van der Waals surface area contributed by atoms with Crippen LogP contribution in [0.25, 0.3) is 0 Å². The standard InChI is InChI=1S/C16H15F3N2O4S2/c1-15(2)14(22)21(13-7-6-12(26-13)16(17,18)19)10-5-4-9(8-11(10)25-15)20-27(3,23)24/h4-8,20H,1-3H3. The molecule has 1 N–H and O–H groups in total. The normalized spacial score (nSPS) is 16.7. The summed E-state index contributed by atoms with van der Waals surface area (Å²) in [4.78, 5) is 13.1. The van der Waals surface area contributed by atoms with Gasteiger partial charge in [0.05, 0.1) is 17.6 Å². The molecule has 0 spiro atoms. The number of amides is 1. The van der Waals surface area contributed by atoms with Gasteiger partial charge in [0.15, 0.2) is 5.60 Å². The smallest absolute Gasteiger partial charge is 0.425 e. The molecule has 11 heteroatoms. The van der Waals surface area contributed by atoms with Crippen LogP contribution in [0.15, 0.2) is 30.3 Å². The lowest BCUT2D eigenvalue weighted by Crippen LogP contribution is -2.50. The average Bonchev–Trinajstić information content (AvgIpc) is 2.96. The van der Waals surface area contributed by atoms with Gasteiger partial charge in [-0.05, 0) is 38.1 Å². The van der Waals surface area contributed by atoms with E-state index in [1.165, 1.54) is 38.1 Å². The van der Waals surface area contributed by atoms with Crippen LogP contribution in [0.5, 0.6) is 5.75 Å². The first-order valence-electron chi connectivity index (χ1n) is 7.60. The number of nitrogens with one attached hydrogen (secondary N) is 1. The third kappa shape index (κ3) is 3.88. The first-order valence-corrected chi connectivity index (χ1v) is 10.3. The molecule has 1 aromatic carbocycles. The van der Waals surface area contributed by atoms with Crippen molar-refractivity contribution in [3.63, 3.8) is 0 Å². The molecule has 0 unspecified atom stereocenters. The Balaban J connectivity index is 2.10. The summed E-state index contributed by atoms with van der Waals surface area (Å²) in [6.07, 6.45) is -3.53. The molecule has 1 aliphatic heterocycles. The van der Waals surface area contributed by atoms with Gasteiger partial charge in [-0.3, -0.25) is 14.4 Å². The molecule has 2 heterocycles. The van der Waals surface area contributed by atoms with Crippen molar-refractivity contribution in [1.82, 2.24) is 0 Å². The van der Waals surface area contributed by atoms with Crippen molar-refractivity contribution in [2.45, 2.75) is 25.6 Å². The van der Waals surface area contributed by atoms with Crippen molar-refractivity contribution >= 4 is 43.6 Å². The Bertz CT molecular complexity index is 1010. The number of rotatable bonds is 3. The van der Waals surface area contributed by atoms with Gasteiger partial charge in [-0.25, -0.2) is 8.42 Å². The van der Waals surface area contributed by atoms with Gasteiger partial charge in [0.2, 0.25) is 10.0 Å². The van der Waals surface area contributed by atoms with Crippen molar-refractivity contribution in [1.29, 1.82) is 0 Å². The number of thiophene rings is 1. The van der Waals surface area contributed by atoms with Gasteiger partial charge < -0.3 is 4.74 Å². The summed E-state index contributed by atoms with van der Waals surface area (Å²) in [5.41, 5.74) is -0.906. The third-order valence-corrected chi connectivity index (χ3v) is 5.40. The minimum Gasteiger partial charge on any atom is -0.476 e. The number of hydrogen-bond acceptors (Lipinski definition) is 5. The van der Waals surface area contributed by atoms with Gasteiger partial charge in [0.25, 0.3) is 5.91 Å². The van der Waals surface area contributed by atoms with E-state index >= 15 is 0 Å². The zero-order chi connectivity index (χ0) is 20.2. The molecule has 0 aliphatic carbocycles. The van der Waals surface area contributed by atoms with E-state index in [9.17, 15) is 26.4 Å². The minimum atomic E-state index is -4.51. The number of carbonyl (C=O) groups excluding carboxylic acids is 1. The maximum Gasteiger partial charge on any atom is 0.425 e. The lowest BCUT2D eigenvalue weighted by Gasteiger charge is -2.38. The zero-order valence-corrected chi connectivity index (χ0v) is 16.1. The van der Waals surface area contributed by atoms with Crippen LogP contribution < -0.4 is 14.4 Å². The summed E-state index contributed by atoms with van der Waals surface area (Å²) < 4.78 is 69.6. The topological polar surface area (TPSA) is 75.7 Å². The lowest BCUT2D eigenvalue weighted by atomic mass is 10.0. The number of carbonyl (C=O) groups is 1. The van der Waals surface area contributed by atoms with Crippen LogP contribution in [0.4, 0.5) is 29.5 Å². The van der Waals surface area contributed by atoms with Gasteiger partial charge in [-0.15, -0.1) is 11.3 Å². The van der Waals surface area contributed by atoms with Crippen LogP contribution in [-0.2, 0) is 21.0 Å². The lowest BCUT2D eigenvalue weighted by molar-refractivity contribution is -0.134. The highest BCUT2D eigenvalue weighted by Crippen LogP contribution is 2.47. The highest BCUT2D eigenvalue weighted by molar-refractivity contribution is 7.92. The fourth-order valence-electron chi connectivity index (χ4n) is 2.57. The molecule has 3 rings (SSSR count). The molecule has 0 saturated heterocycles. The van der Waals surface area contributed by atoms with Crippen molar-refractivity contribution < 1.29 is 31.1 Å². The fourth-order valence-corrected chi connectivity index (χ4v) is 4.02. The Morgan fingerprint density at radius 2 is 1.85 bits per heavy atom. The monoisotopic (exact) mass is 420 g/mol. The second-order valence-corrected chi connectivity index (χ2v) is 9.26. The van der Waals surface area contributed by atoms with Crippen LogP contribution in [0.1, 0.15) is 18.7 Å². The van der Waals surface area contributed by atoms with Crippen molar-refractivity contribution in [2.24, 2.45) is 0 Å². The molecule has 1 amide bonds. The molecule has 6 nitrogen and oxygen atoms in total. The van der Waals surface area contributed by atoms with Crippen molar-refractivity contribution in [3.8, 4) is 5.75 Å². The summed E-state index contributed by atoms with van der Waals surface area (Å²) in [6, 6.07) is 6.34. The third-order valence-electron chi connectivity index (χ3n) is 3.68. The maximum absolute atomic E-state index is 12.9. The minimum absolute atomic E-state index is 0.0915. The van der Waals surface area contributed by atoms with Gasteiger partial charge >= 0.3 is 6.18 Å². The largest absolute Gasteiger partial charge is 0.476 e. The molecule has 146 valence electrons. The number of anilines is 3. The van der Waals surface area contributed by atoms with Gasteiger partial charge in [-0.1, -0.05) is 0 Å². The van der Waals surface area contributed by atoms with E-state index in [2.05, 4.69) is 4.72 Å². The Hall–Kier alpha value is -2.27. The molecule has 0 radical (unpaired) electrons. The molecular weight excluding hydrogens is 405 g/mol. The number of benzene rings is 1. The highest BCUT2D eigenvalue weighted by Gasteiger charge is 2.43. The molecule has 2 aromatic rings. The second-order valence-electron chi connectivity index (χ2n) is 6.45. The quantitative estimate of drug-likeness (QED) is 0.815. The molecular formula is C16H15F3N2O4S2. The Morgan fingerprint density at radius 1 is 1.19 bits per heavy atom. The number of nitrogens with zero attached hydrogens (tertiary/aromatic N) is 1. The van der Waals surface area contributed by atoms with Crippen LogP contribution in [0, 0.1) is 0 Å².